The van der Waals surface area contributed by atoms with Gasteiger partial charge in [0.15, 0.2) is 0 Å². The zero-order valence-electron chi connectivity index (χ0n) is 32.3. The van der Waals surface area contributed by atoms with Crippen LogP contribution in [0.15, 0.2) is 152 Å². The van der Waals surface area contributed by atoms with Gasteiger partial charge in [0.1, 0.15) is 24.0 Å². The second-order valence-electron chi connectivity index (χ2n) is 16.5. The number of hydrogen-bond acceptors (Lipinski definition) is 5. The van der Waals surface area contributed by atoms with Gasteiger partial charge in [0.25, 0.3) is 0 Å². The molecule has 0 atom stereocenters. The molecule has 6 heteroatoms. The summed E-state index contributed by atoms with van der Waals surface area (Å²) < 4.78 is 8.96. The summed E-state index contributed by atoms with van der Waals surface area (Å²) in [4.78, 5) is 14.0. The molecule has 1 aliphatic heterocycles. The summed E-state index contributed by atoms with van der Waals surface area (Å²) in [5.41, 5.74) is 11.6. The summed E-state index contributed by atoms with van der Waals surface area (Å²) in [6.45, 7) is 14.2. The highest BCUT2D eigenvalue weighted by atomic mass is 16.5. The molecule has 0 fully saturated rings. The Morgan fingerprint density at radius 2 is 1.22 bits per heavy atom. The summed E-state index contributed by atoms with van der Waals surface area (Å²) in [6.07, 6.45) is 5.65. The molecule has 1 aliphatic rings. The number of pyridine rings is 2. The van der Waals surface area contributed by atoms with Crippen molar-refractivity contribution in [1.29, 1.82) is 0 Å². The van der Waals surface area contributed by atoms with Crippen molar-refractivity contribution in [2.75, 3.05) is 16.5 Å². The van der Waals surface area contributed by atoms with E-state index in [1.807, 2.05) is 24.7 Å². The Kier molecular flexibility index (Phi) is 8.23. The first-order valence-electron chi connectivity index (χ1n) is 19.0. The van der Waals surface area contributed by atoms with Crippen LogP contribution in [0.25, 0.3) is 38.8 Å². The quantitative estimate of drug-likeness (QED) is 0.171. The second-order valence-corrected chi connectivity index (χ2v) is 16.5. The summed E-state index contributed by atoms with van der Waals surface area (Å²) in [5.74, 6) is 2.44. The molecule has 0 unspecified atom stereocenters. The summed E-state index contributed by atoms with van der Waals surface area (Å²) in [7, 11) is 0. The van der Waals surface area contributed by atoms with Crippen LogP contribution in [-0.2, 0) is 10.8 Å². The van der Waals surface area contributed by atoms with Crippen molar-refractivity contribution in [2.24, 2.45) is 0 Å². The minimum absolute atomic E-state index is 0.000471. The number of ether oxygens (including phenoxy) is 1. The number of rotatable bonds is 6. The lowest BCUT2D eigenvalue weighted by Gasteiger charge is -2.27. The van der Waals surface area contributed by atoms with Crippen molar-refractivity contribution in [1.82, 2.24) is 14.5 Å². The first kappa shape index (κ1) is 34.4. The zero-order valence-corrected chi connectivity index (χ0v) is 32.3. The average molecular weight is 720 g/mol. The van der Waals surface area contributed by atoms with Crippen molar-refractivity contribution in [3.05, 3.63) is 163 Å². The average Bonchev–Trinajstić information content (AvgIpc) is 3.74. The lowest BCUT2D eigenvalue weighted by Crippen LogP contribution is -2.25. The third-order valence-electron chi connectivity index (χ3n) is 10.7. The van der Waals surface area contributed by atoms with E-state index in [9.17, 15) is 0 Å². The molecule has 4 heterocycles. The van der Waals surface area contributed by atoms with Crippen molar-refractivity contribution >= 4 is 44.6 Å². The summed E-state index contributed by atoms with van der Waals surface area (Å²) >= 11 is 0. The monoisotopic (exact) mass is 719 g/mol. The Hall–Kier alpha value is -6.40. The molecule has 3 aromatic heterocycles. The maximum atomic E-state index is 6.70. The molecule has 55 heavy (non-hydrogen) atoms. The van der Waals surface area contributed by atoms with E-state index in [0.29, 0.717) is 6.67 Å². The lowest BCUT2D eigenvalue weighted by molar-refractivity contribution is 0.483. The second kappa shape index (κ2) is 13.2. The van der Waals surface area contributed by atoms with Gasteiger partial charge in [-0.25, -0.2) is 4.98 Å². The van der Waals surface area contributed by atoms with Crippen LogP contribution in [0.2, 0.25) is 0 Å². The van der Waals surface area contributed by atoms with E-state index in [1.54, 1.807) is 0 Å². The Balaban J connectivity index is 1.09. The molecule has 0 radical (unpaired) electrons. The van der Waals surface area contributed by atoms with Gasteiger partial charge in [-0.3, -0.25) is 9.55 Å². The molecule has 272 valence electrons. The normalized spacial score (nSPS) is 13.1. The van der Waals surface area contributed by atoms with Crippen LogP contribution in [0, 0.1) is 0 Å². The highest BCUT2D eigenvalue weighted by Gasteiger charge is 2.30. The summed E-state index contributed by atoms with van der Waals surface area (Å²) in [6, 6.07) is 47.4. The van der Waals surface area contributed by atoms with E-state index in [4.69, 9.17) is 9.72 Å². The molecule has 9 rings (SSSR count). The minimum Gasteiger partial charge on any atom is -0.457 e. The van der Waals surface area contributed by atoms with Crippen LogP contribution in [0.4, 0.5) is 22.7 Å². The van der Waals surface area contributed by atoms with Crippen molar-refractivity contribution < 1.29 is 4.74 Å². The topological polar surface area (TPSA) is 46.4 Å². The molecular weight excluding hydrogens is 675 g/mol. The Labute approximate surface area is 323 Å². The number of fused-ring (bicyclic) bond motifs is 4. The number of para-hydroxylation sites is 3. The van der Waals surface area contributed by atoms with E-state index in [1.165, 1.54) is 27.8 Å². The van der Waals surface area contributed by atoms with Gasteiger partial charge >= 0.3 is 0 Å². The third-order valence-corrected chi connectivity index (χ3v) is 10.7. The molecule has 5 aromatic carbocycles. The largest absolute Gasteiger partial charge is 0.457 e. The van der Waals surface area contributed by atoms with E-state index < -0.39 is 0 Å². The molecule has 0 amide bonds. The molecule has 0 bridgehead atoms. The molecule has 0 aliphatic carbocycles. The van der Waals surface area contributed by atoms with Gasteiger partial charge in [-0.05, 0) is 100 Å². The van der Waals surface area contributed by atoms with Crippen molar-refractivity contribution in [2.45, 2.75) is 52.4 Å². The molecule has 0 saturated heterocycles. The fourth-order valence-electron chi connectivity index (χ4n) is 7.76. The smallest absolute Gasteiger partial charge is 0.137 e. The van der Waals surface area contributed by atoms with Crippen molar-refractivity contribution in [3.8, 4) is 28.4 Å². The van der Waals surface area contributed by atoms with Crippen LogP contribution in [0.5, 0.6) is 11.5 Å². The molecular formula is C49H45N5O. The number of nitrogens with zero attached hydrogens (tertiary/aromatic N) is 5. The van der Waals surface area contributed by atoms with E-state index >= 15 is 0 Å². The number of hydrogen-bond donors (Lipinski definition) is 0. The SMILES string of the molecule is CC(C)(C)c1ccnc(-n2c3ccccc3c3ccc(Oc4cccc(N5CN(c6cc(C(C)(C)C)ccc6-c6ccncc6)c6ccccc65)c4)cc32)c1. The van der Waals surface area contributed by atoms with E-state index in [-0.39, 0.29) is 10.8 Å². The number of aromatic nitrogens is 3. The van der Waals surface area contributed by atoms with E-state index in [0.717, 1.165) is 56.4 Å². The van der Waals surface area contributed by atoms with Crippen LogP contribution < -0.4 is 14.5 Å². The highest BCUT2D eigenvalue weighted by Crippen LogP contribution is 2.48. The Morgan fingerprint density at radius 3 is 2.00 bits per heavy atom. The zero-order chi connectivity index (χ0) is 37.9. The van der Waals surface area contributed by atoms with Gasteiger partial charge in [-0.1, -0.05) is 90.1 Å². The standard InChI is InChI=1S/C49H45N5O/c1-48(2,3)34-18-20-39(33-22-25-50-26-23-33)45(28-34)53-32-52(43-16-9-10-17-44(43)53)36-12-11-13-37(30-36)55-38-19-21-41-40-14-7-8-15-42(40)54(46(41)31-38)47-29-35(24-27-51-47)49(4,5)6/h7-31H,32H2,1-6H3. The van der Waals surface area contributed by atoms with Crippen LogP contribution in [-0.4, -0.2) is 21.2 Å². The predicted octanol–water partition coefficient (Wildman–Crippen LogP) is 12.9. The van der Waals surface area contributed by atoms with Gasteiger partial charge in [-0.15, -0.1) is 0 Å². The fraction of sp³-hybridized carbons (Fsp3) is 0.184. The predicted molar refractivity (Wildman–Crippen MR) is 228 cm³/mol. The maximum absolute atomic E-state index is 6.70. The van der Waals surface area contributed by atoms with Crippen molar-refractivity contribution in [3.63, 3.8) is 0 Å². The molecule has 0 N–H and O–H groups in total. The first-order chi connectivity index (χ1) is 26.5. The molecule has 0 saturated carbocycles. The van der Waals surface area contributed by atoms with Crippen LogP contribution >= 0.6 is 0 Å². The number of anilines is 4. The third kappa shape index (κ3) is 6.27. The molecule has 6 nitrogen and oxygen atoms in total. The van der Waals surface area contributed by atoms with Gasteiger partial charge in [0.2, 0.25) is 0 Å². The summed E-state index contributed by atoms with van der Waals surface area (Å²) in [5, 5.41) is 2.35. The fourth-order valence-corrected chi connectivity index (χ4v) is 7.76. The van der Waals surface area contributed by atoms with Gasteiger partial charge in [-0.2, -0.15) is 0 Å². The minimum atomic E-state index is 0.000471. The van der Waals surface area contributed by atoms with Gasteiger partial charge in [0, 0.05) is 52.7 Å². The lowest BCUT2D eigenvalue weighted by atomic mass is 9.85. The number of benzene rings is 5. The molecule has 8 aromatic rings. The van der Waals surface area contributed by atoms with Gasteiger partial charge in [0.05, 0.1) is 28.1 Å². The van der Waals surface area contributed by atoms with Gasteiger partial charge < -0.3 is 14.5 Å². The van der Waals surface area contributed by atoms with Crippen LogP contribution in [0.1, 0.15) is 52.7 Å². The van der Waals surface area contributed by atoms with Crippen LogP contribution in [0.3, 0.4) is 0 Å². The Bertz CT molecular complexity index is 2700. The highest BCUT2D eigenvalue weighted by molar-refractivity contribution is 6.09. The first-order valence-corrected chi connectivity index (χ1v) is 19.0. The van der Waals surface area contributed by atoms with E-state index in [2.05, 4.69) is 188 Å². The maximum Gasteiger partial charge on any atom is 0.137 e. The Morgan fingerprint density at radius 1 is 0.527 bits per heavy atom. The molecule has 0 spiro atoms.